The van der Waals surface area contributed by atoms with E-state index in [0.29, 0.717) is 0 Å². The normalized spacial score (nSPS) is 23.2. The number of ether oxygens (including phenoxy) is 1. The van der Waals surface area contributed by atoms with E-state index in [1.54, 1.807) is 5.57 Å². The first-order valence-electron chi connectivity index (χ1n) is 9.29. The zero-order valence-electron chi connectivity index (χ0n) is 14.3. The average Bonchev–Trinajstić information content (AvgIpc) is 3.09. The van der Waals surface area contributed by atoms with Gasteiger partial charge in [-0.25, -0.2) is 0 Å². The molecule has 4 rings (SSSR count). The molecule has 0 bridgehead atoms. The summed E-state index contributed by atoms with van der Waals surface area (Å²) in [5.74, 6) is 0. The first-order valence-corrected chi connectivity index (χ1v) is 9.29. The van der Waals surface area contributed by atoms with Crippen molar-refractivity contribution in [3.63, 3.8) is 0 Å². The van der Waals surface area contributed by atoms with E-state index in [-0.39, 0.29) is 11.5 Å². The van der Waals surface area contributed by atoms with Crippen LogP contribution in [0.15, 0.2) is 72.3 Å². The molecule has 1 atom stereocenters. The molecule has 0 spiro atoms. The van der Waals surface area contributed by atoms with Crippen LogP contribution in [0.3, 0.4) is 0 Å². The van der Waals surface area contributed by atoms with Gasteiger partial charge in [-0.2, -0.15) is 0 Å². The molecule has 2 aromatic carbocycles. The Labute approximate surface area is 145 Å². The SMILES string of the molecule is C(=C1CCCCC1)[C@@H]1CC(c2ccccc2)(c2ccccc2)CO1. The lowest BCUT2D eigenvalue weighted by molar-refractivity contribution is 0.137. The Morgan fingerprint density at radius 1 is 0.792 bits per heavy atom. The second-order valence-corrected chi connectivity index (χ2v) is 7.25. The minimum atomic E-state index is -0.0150. The van der Waals surface area contributed by atoms with Crippen LogP contribution < -0.4 is 0 Å². The largest absolute Gasteiger partial charge is 0.373 e. The van der Waals surface area contributed by atoms with Gasteiger partial charge in [-0.1, -0.05) is 78.7 Å². The fraction of sp³-hybridized carbons (Fsp3) is 0.391. The monoisotopic (exact) mass is 318 g/mol. The highest BCUT2D eigenvalue weighted by Crippen LogP contribution is 2.43. The highest BCUT2D eigenvalue weighted by Gasteiger charge is 2.42. The second kappa shape index (κ2) is 6.94. The fourth-order valence-corrected chi connectivity index (χ4v) is 4.34. The molecule has 0 aromatic heterocycles. The molecular weight excluding hydrogens is 292 g/mol. The Kier molecular flexibility index (Phi) is 4.53. The van der Waals surface area contributed by atoms with Crippen LogP contribution in [0.5, 0.6) is 0 Å². The molecule has 24 heavy (non-hydrogen) atoms. The molecule has 0 unspecified atom stereocenters. The number of allylic oxidation sites excluding steroid dienone is 1. The summed E-state index contributed by atoms with van der Waals surface area (Å²) in [6.45, 7) is 0.773. The molecule has 1 aliphatic carbocycles. The molecule has 1 saturated carbocycles. The van der Waals surface area contributed by atoms with Crippen LogP contribution >= 0.6 is 0 Å². The summed E-state index contributed by atoms with van der Waals surface area (Å²) in [6.07, 6.45) is 10.4. The van der Waals surface area contributed by atoms with E-state index < -0.39 is 0 Å². The summed E-state index contributed by atoms with van der Waals surface area (Å²) in [5.41, 5.74) is 4.35. The molecule has 1 heteroatoms. The van der Waals surface area contributed by atoms with Crippen molar-refractivity contribution in [2.24, 2.45) is 0 Å². The topological polar surface area (TPSA) is 9.23 Å². The molecule has 1 nitrogen and oxygen atoms in total. The van der Waals surface area contributed by atoms with E-state index in [0.717, 1.165) is 13.0 Å². The van der Waals surface area contributed by atoms with Crippen LogP contribution in [0, 0.1) is 0 Å². The van der Waals surface area contributed by atoms with Crippen molar-refractivity contribution in [3.8, 4) is 0 Å². The third kappa shape index (κ3) is 3.06. The van der Waals surface area contributed by atoms with E-state index in [9.17, 15) is 0 Å². The summed E-state index contributed by atoms with van der Waals surface area (Å²) in [7, 11) is 0. The Morgan fingerprint density at radius 2 is 1.38 bits per heavy atom. The van der Waals surface area contributed by atoms with Gasteiger partial charge < -0.3 is 4.74 Å². The molecule has 2 aromatic rings. The van der Waals surface area contributed by atoms with Gasteiger partial charge in [0.25, 0.3) is 0 Å². The van der Waals surface area contributed by atoms with Gasteiger partial charge >= 0.3 is 0 Å². The Bertz CT molecular complexity index is 639. The van der Waals surface area contributed by atoms with E-state index in [1.807, 2.05) is 0 Å². The van der Waals surface area contributed by atoms with Gasteiger partial charge in [0.1, 0.15) is 0 Å². The molecule has 124 valence electrons. The lowest BCUT2D eigenvalue weighted by Gasteiger charge is -2.29. The predicted octanol–water partition coefficient (Wildman–Crippen LogP) is 5.65. The molecule has 0 amide bonds. The first kappa shape index (κ1) is 15.7. The van der Waals surface area contributed by atoms with Crippen molar-refractivity contribution in [1.82, 2.24) is 0 Å². The van der Waals surface area contributed by atoms with Gasteiger partial charge in [-0.3, -0.25) is 0 Å². The minimum Gasteiger partial charge on any atom is -0.373 e. The smallest absolute Gasteiger partial charge is 0.0771 e. The van der Waals surface area contributed by atoms with Gasteiger partial charge in [-0.15, -0.1) is 0 Å². The third-order valence-corrected chi connectivity index (χ3v) is 5.66. The van der Waals surface area contributed by atoms with Crippen LogP contribution in [-0.4, -0.2) is 12.7 Å². The Balaban J connectivity index is 1.66. The van der Waals surface area contributed by atoms with Gasteiger partial charge in [-0.05, 0) is 43.2 Å². The van der Waals surface area contributed by atoms with Crippen molar-refractivity contribution in [3.05, 3.63) is 83.4 Å². The van der Waals surface area contributed by atoms with E-state index in [2.05, 4.69) is 66.7 Å². The van der Waals surface area contributed by atoms with E-state index >= 15 is 0 Å². The lowest BCUT2D eigenvalue weighted by atomic mass is 9.73. The molecule has 0 radical (unpaired) electrons. The fourth-order valence-electron chi connectivity index (χ4n) is 4.34. The summed E-state index contributed by atoms with van der Waals surface area (Å²) in [4.78, 5) is 0. The van der Waals surface area contributed by atoms with Gasteiger partial charge in [0.2, 0.25) is 0 Å². The minimum absolute atomic E-state index is 0.0150. The lowest BCUT2D eigenvalue weighted by Crippen LogP contribution is -2.28. The number of hydrogen-bond acceptors (Lipinski definition) is 1. The second-order valence-electron chi connectivity index (χ2n) is 7.25. The number of rotatable bonds is 3. The summed E-state index contributed by atoms with van der Waals surface area (Å²) in [6, 6.07) is 21.8. The molecular formula is C23H26O. The number of hydrogen-bond donors (Lipinski definition) is 0. The Hall–Kier alpha value is -1.86. The summed E-state index contributed by atoms with van der Waals surface area (Å²) < 4.78 is 6.30. The maximum atomic E-state index is 6.30. The average molecular weight is 318 g/mol. The summed E-state index contributed by atoms with van der Waals surface area (Å²) >= 11 is 0. The van der Waals surface area contributed by atoms with Crippen molar-refractivity contribution in [1.29, 1.82) is 0 Å². The van der Waals surface area contributed by atoms with Crippen LogP contribution in [-0.2, 0) is 10.2 Å². The molecule has 2 aliphatic rings. The predicted molar refractivity (Wildman–Crippen MR) is 99.2 cm³/mol. The molecule has 1 aliphatic heterocycles. The highest BCUT2D eigenvalue weighted by molar-refractivity contribution is 5.41. The van der Waals surface area contributed by atoms with E-state index in [1.165, 1.54) is 43.2 Å². The maximum absolute atomic E-state index is 6.30. The molecule has 2 fully saturated rings. The zero-order valence-corrected chi connectivity index (χ0v) is 14.3. The van der Waals surface area contributed by atoms with Crippen molar-refractivity contribution in [2.45, 2.75) is 50.0 Å². The van der Waals surface area contributed by atoms with Crippen LogP contribution in [0.2, 0.25) is 0 Å². The van der Waals surface area contributed by atoms with Crippen LogP contribution in [0.4, 0.5) is 0 Å². The highest BCUT2D eigenvalue weighted by atomic mass is 16.5. The first-order chi connectivity index (χ1) is 11.9. The van der Waals surface area contributed by atoms with Gasteiger partial charge in [0, 0.05) is 5.41 Å². The van der Waals surface area contributed by atoms with Gasteiger partial charge in [0.05, 0.1) is 12.7 Å². The zero-order chi connectivity index (χ0) is 16.2. The van der Waals surface area contributed by atoms with Crippen LogP contribution in [0.1, 0.15) is 49.7 Å². The summed E-state index contributed by atoms with van der Waals surface area (Å²) in [5, 5.41) is 0. The van der Waals surface area contributed by atoms with Crippen molar-refractivity contribution >= 4 is 0 Å². The van der Waals surface area contributed by atoms with E-state index in [4.69, 9.17) is 4.74 Å². The standard InChI is InChI=1S/C23H26O/c1-4-10-19(11-5-1)16-22-17-23(18-24-22,20-12-6-2-7-13-20)21-14-8-3-9-15-21/h2-3,6-9,12-16,22H,1,4-5,10-11,17-18H2/t22-/m1/s1. The van der Waals surface area contributed by atoms with Crippen molar-refractivity contribution in [2.75, 3.05) is 6.61 Å². The van der Waals surface area contributed by atoms with Gasteiger partial charge in [0.15, 0.2) is 0 Å². The molecule has 1 heterocycles. The maximum Gasteiger partial charge on any atom is 0.0771 e. The molecule has 1 saturated heterocycles. The third-order valence-electron chi connectivity index (χ3n) is 5.66. The number of benzene rings is 2. The quantitative estimate of drug-likeness (QED) is 0.664. The van der Waals surface area contributed by atoms with Crippen molar-refractivity contribution < 1.29 is 4.74 Å². The Morgan fingerprint density at radius 3 is 1.96 bits per heavy atom. The van der Waals surface area contributed by atoms with Crippen LogP contribution in [0.25, 0.3) is 0 Å². The molecule has 0 N–H and O–H groups in total.